The van der Waals surface area contributed by atoms with Crippen molar-refractivity contribution in [2.45, 2.75) is 13.5 Å². The monoisotopic (exact) mass is 348 g/mol. The molecule has 4 nitrogen and oxygen atoms in total. The third kappa shape index (κ3) is 4.42. The first-order valence-electron chi connectivity index (χ1n) is 8.29. The van der Waals surface area contributed by atoms with Crippen LogP contribution in [0.15, 0.2) is 72.8 Å². The Morgan fingerprint density at radius 1 is 0.846 bits per heavy atom. The van der Waals surface area contributed by atoms with Gasteiger partial charge in [-0.05, 0) is 49.4 Å². The van der Waals surface area contributed by atoms with Gasteiger partial charge in [0.15, 0.2) is 5.78 Å². The second-order valence-corrected chi connectivity index (χ2v) is 5.76. The number of rotatable bonds is 7. The number of benzene rings is 3. The second kappa shape index (κ2) is 8.21. The Morgan fingerprint density at radius 2 is 1.58 bits per heavy atom. The van der Waals surface area contributed by atoms with Crippen molar-refractivity contribution in [2.24, 2.45) is 0 Å². The molecule has 0 unspecified atom stereocenters. The smallest absolute Gasteiger partial charge is 0.159 e. The van der Waals surface area contributed by atoms with Crippen LogP contribution >= 0.6 is 0 Å². The molecule has 3 aromatic carbocycles. The van der Waals surface area contributed by atoms with Gasteiger partial charge in [-0.2, -0.15) is 0 Å². The first kappa shape index (κ1) is 17.5. The quantitative estimate of drug-likeness (QED) is 0.546. The minimum Gasteiger partial charge on any atom is -0.496 e. The summed E-state index contributed by atoms with van der Waals surface area (Å²) in [6, 6.07) is 22.3. The van der Waals surface area contributed by atoms with Crippen LogP contribution in [0.5, 0.6) is 23.0 Å². The highest BCUT2D eigenvalue weighted by Gasteiger charge is 2.09. The van der Waals surface area contributed by atoms with Crippen LogP contribution in [0.1, 0.15) is 22.8 Å². The van der Waals surface area contributed by atoms with Crippen LogP contribution in [0.3, 0.4) is 0 Å². The fourth-order valence-electron chi connectivity index (χ4n) is 2.52. The van der Waals surface area contributed by atoms with Crippen molar-refractivity contribution >= 4 is 5.78 Å². The lowest BCUT2D eigenvalue weighted by atomic mass is 10.1. The van der Waals surface area contributed by atoms with E-state index < -0.39 is 0 Å². The fourth-order valence-corrected chi connectivity index (χ4v) is 2.52. The zero-order chi connectivity index (χ0) is 18.4. The maximum Gasteiger partial charge on any atom is 0.159 e. The third-order valence-corrected chi connectivity index (χ3v) is 3.87. The van der Waals surface area contributed by atoms with Gasteiger partial charge in [0.1, 0.15) is 29.6 Å². The number of carbonyl (C=O) groups is 1. The Morgan fingerprint density at radius 3 is 2.31 bits per heavy atom. The van der Waals surface area contributed by atoms with E-state index in [1.165, 1.54) is 6.92 Å². The van der Waals surface area contributed by atoms with Gasteiger partial charge < -0.3 is 14.2 Å². The van der Waals surface area contributed by atoms with Crippen molar-refractivity contribution in [1.82, 2.24) is 0 Å². The van der Waals surface area contributed by atoms with Gasteiger partial charge >= 0.3 is 0 Å². The summed E-state index contributed by atoms with van der Waals surface area (Å²) in [5, 5.41) is 0. The van der Waals surface area contributed by atoms with E-state index in [0.29, 0.717) is 29.4 Å². The van der Waals surface area contributed by atoms with Gasteiger partial charge in [0.2, 0.25) is 0 Å². The number of hydrogen-bond donors (Lipinski definition) is 0. The second-order valence-electron chi connectivity index (χ2n) is 5.76. The number of para-hydroxylation sites is 1. The summed E-state index contributed by atoms with van der Waals surface area (Å²) in [5.74, 6) is 2.83. The standard InChI is InChI=1S/C22H20O4/c1-16(23)17-11-12-22(24-2)18(13-17)15-25-20-9-6-10-21(14-20)26-19-7-4-3-5-8-19/h3-14H,15H2,1-2H3. The number of hydrogen-bond acceptors (Lipinski definition) is 4. The van der Waals surface area contributed by atoms with Gasteiger partial charge in [-0.1, -0.05) is 24.3 Å². The summed E-state index contributed by atoms with van der Waals surface area (Å²) in [4.78, 5) is 11.6. The van der Waals surface area contributed by atoms with E-state index in [9.17, 15) is 4.79 Å². The number of ether oxygens (including phenoxy) is 3. The molecule has 3 rings (SSSR count). The number of methoxy groups -OCH3 is 1. The van der Waals surface area contributed by atoms with Crippen LogP contribution in [0.2, 0.25) is 0 Å². The summed E-state index contributed by atoms with van der Waals surface area (Å²) < 4.78 is 17.0. The van der Waals surface area contributed by atoms with E-state index >= 15 is 0 Å². The molecule has 0 radical (unpaired) electrons. The lowest BCUT2D eigenvalue weighted by Crippen LogP contribution is -2.02. The molecule has 0 aliphatic carbocycles. The van der Waals surface area contributed by atoms with Crippen molar-refractivity contribution < 1.29 is 19.0 Å². The predicted octanol–water partition coefficient (Wildman–Crippen LogP) is 5.27. The molecule has 0 amide bonds. The minimum atomic E-state index is 0.00663. The Kier molecular flexibility index (Phi) is 5.54. The molecule has 0 bridgehead atoms. The van der Waals surface area contributed by atoms with Gasteiger partial charge in [0.05, 0.1) is 7.11 Å². The molecular formula is C22H20O4. The van der Waals surface area contributed by atoms with Crippen LogP contribution < -0.4 is 14.2 Å². The van der Waals surface area contributed by atoms with Crippen LogP contribution in [-0.4, -0.2) is 12.9 Å². The van der Waals surface area contributed by atoms with Crippen LogP contribution in [0.25, 0.3) is 0 Å². The minimum absolute atomic E-state index is 0.00663. The van der Waals surface area contributed by atoms with Gasteiger partial charge in [-0.25, -0.2) is 0 Å². The first-order chi connectivity index (χ1) is 12.7. The molecule has 0 atom stereocenters. The molecule has 0 aliphatic rings. The summed E-state index contributed by atoms with van der Waals surface area (Å²) in [6.07, 6.45) is 0. The maximum atomic E-state index is 11.6. The summed E-state index contributed by atoms with van der Waals surface area (Å²) in [6.45, 7) is 1.83. The van der Waals surface area contributed by atoms with E-state index in [4.69, 9.17) is 14.2 Å². The predicted molar refractivity (Wildman–Crippen MR) is 100 cm³/mol. The Labute approximate surface area is 153 Å². The molecule has 26 heavy (non-hydrogen) atoms. The van der Waals surface area contributed by atoms with E-state index in [0.717, 1.165) is 11.3 Å². The number of Topliss-reactive ketones (excluding diaryl/α,β-unsaturated/α-hetero) is 1. The zero-order valence-electron chi connectivity index (χ0n) is 14.8. The van der Waals surface area contributed by atoms with Crippen molar-refractivity contribution in [2.75, 3.05) is 7.11 Å². The van der Waals surface area contributed by atoms with E-state index in [1.807, 2.05) is 54.6 Å². The maximum absolute atomic E-state index is 11.6. The molecular weight excluding hydrogens is 328 g/mol. The number of ketones is 1. The topological polar surface area (TPSA) is 44.8 Å². The molecule has 132 valence electrons. The Hall–Kier alpha value is -3.27. The molecule has 3 aromatic rings. The fraction of sp³-hybridized carbons (Fsp3) is 0.136. The van der Waals surface area contributed by atoms with Gasteiger partial charge in [-0.3, -0.25) is 4.79 Å². The average molecular weight is 348 g/mol. The summed E-state index contributed by atoms with van der Waals surface area (Å²) in [5.41, 5.74) is 1.44. The molecule has 4 heteroatoms. The lowest BCUT2D eigenvalue weighted by molar-refractivity contribution is 0.101. The molecule has 0 heterocycles. The SMILES string of the molecule is COc1ccc(C(C)=O)cc1COc1cccc(Oc2ccccc2)c1. The molecule has 0 saturated carbocycles. The lowest BCUT2D eigenvalue weighted by Gasteiger charge is -2.12. The van der Waals surface area contributed by atoms with Crippen molar-refractivity contribution in [1.29, 1.82) is 0 Å². The van der Waals surface area contributed by atoms with Gasteiger partial charge in [-0.15, -0.1) is 0 Å². The Balaban J connectivity index is 1.73. The molecule has 0 aliphatic heterocycles. The summed E-state index contributed by atoms with van der Waals surface area (Å²) in [7, 11) is 1.60. The van der Waals surface area contributed by atoms with Gasteiger partial charge in [0.25, 0.3) is 0 Å². The third-order valence-electron chi connectivity index (χ3n) is 3.87. The van der Waals surface area contributed by atoms with E-state index in [2.05, 4.69) is 0 Å². The highest BCUT2D eigenvalue weighted by atomic mass is 16.5. The van der Waals surface area contributed by atoms with Crippen molar-refractivity contribution in [3.8, 4) is 23.0 Å². The van der Waals surface area contributed by atoms with Crippen LogP contribution in [-0.2, 0) is 6.61 Å². The van der Waals surface area contributed by atoms with Crippen molar-refractivity contribution in [3.63, 3.8) is 0 Å². The normalized spacial score (nSPS) is 10.2. The molecule has 0 aromatic heterocycles. The molecule has 0 fully saturated rings. The zero-order valence-corrected chi connectivity index (χ0v) is 14.8. The number of carbonyl (C=O) groups excluding carboxylic acids is 1. The van der Waals surface area contributed by atoms with E-state index in [1.54, 1.807) is 25.3 Å². The highest BCUT2D eigenvalue weighted by molar-refractivity contribution is 5.94. The van der Waals surface area contributed by atoms with Crippen LogP contribution in [0.4, 0.5) is 0 Å². The first-order valence-corrected chi connectivity index (χ1v) is 8.29. The van der Waals surface area contributed by atoms with Gasteiger partial charge in [0, 0.05) is 17.2 Å². The van der Waals surface area contributed by atoms with Crippen LogP contribution in [0, 0.1) is 0 Å². The summed E-state index contributed by atoms with van der Waals surface area (Å²) >= 11 is 0. The average Bonchev–Trinajstić information content (AvgIpc) is 2.67. The Bertz CT molecular complexity index is 888. The molecule has 0 saturated heterocycles. The van der Waals surface area contributed by atoms with Crippen molar-refractivity contribution in [3.05, 3.63) is 83.9 Å². The highest BCUT2D eigenvalue weighted by Crippen LogP contribution is 2.27. The molecule has 0 N–H and O–H groups in total. The van der Waals surface area contributed by atoms with E-state index in [-0.39, 0.29) is 5.78 Å². The largest absolute Gasteiger partial charge is 0.496 e. The molecule has 0 spiro atoms.